The number of nitrogens with zero attached hydrogens (tertiary/aromatic N) is 3. The molecule has 0 fully saturated rings. The number of benzene rings is 1. The number of ether oxygens (including phenoxy) is 1. The lowest BCUT2D eigenvalue weighted by Gasteiger charge is -2.18. The van der Waals surface area contributed by atoms with Gasteiger partial charge in [0.25, 0.3) is 5.69 Å². The maximum absolute atomic E-state index is 10.8. The van der Waals surface area contributed by atoms with Crippen LogP contribution in [0.3, 0.4) is 0 Å². The minimum atomic E-state index is -0.444. The fourth-order valence-corrected chi connectivity index (χ4v) is 1.85. The molecule has 0 saturated heterocycles. The van der Waals surface area contributed by atoms with Gasteiger partial charge in [0, 0.05) is 12.6 Å². The first-order valence-corrected chi connectivity index (χ1v) is 6.02. The van der Waals surface area contributed by atoms with Crippen molar-refractivity contribution in [2.75, 3.05) is 20.2 Å². The first-order chi connectivity index (χ1) is 9.10. The fraction of sp³-hybridized carbons (Fsp3) is 0.462. The molecular weight excluding hydrogens is 246 g/mol. The standard InChI is InChI=1S/C13H17N3O3/c1-3-5-15(6-4-14)10-11-7-12(16(17)18)9-13(8-11)19-2/h7-9H,3,5-6,10H2,1-2H3. The molecule has 0 amide bonds. The molecule has 1 rings (SSSR count). The number of nitriles is 1. The highest BCUT2D eigenvalue weighted by atomic mass is 16.6. The van der Waals surface area contributed by atoms with Crippen LogP contribution in [0.2, 0.25) is 0 Å². The molecule has 0 aliphatic heterocycles. The third-order valence-corrected chi connectivity index (χ3v) is 2.64. The van der Waals surface area contributed by atoms with E-state index >= 15 is 0 Å². The van der Waals surface area contributed by atoms with E-state index in [9.17, 15) is 10.1 Å². The molecule has 0 aliphatic rings. The molecule has 0 unspecified atom stereocenters. The van der Waals surface area contributed by atoms with Gasteiger partial charge in [-0.05, 0) is 24.6 Å². The number of hydrogen-bond acceptors (Lipinski definition) is 5. The maximum Gasteiger partial charge on any atom is 0.273 e. The quantitative estimate of drug-likeness (QED) is 0.428. The zero-order valence-corrected chi connectivity index (χ0v) is 11.1. The number of non-ortho nitro benzene ring substituents is 1. The van der Waals surface area contributed by atoms with Crippen molar-refractivity contribution in [3.05, 3.63) is 33.9 Å². The van der Waals surface area contributed by atoms with E-state index < -0.39 is 4.92 Å². The average molecular weight is 263 g/mol. The average Bonchev–Trinajstić information content (AvgIpc) is 2.38. The first-order valence-electron chi connectivity index (χ1n) is 6.02. The van der Waals surface area contributed by atoms with E-state index in [-0.39, 0.29) is 5.69 Å². The summed E-state index contributed by atoms with van der Waals surface area (Å²) in [7, 11) is 1.47. The molecule has 1 aromatic rings. The van der Waals surface area contributed by atoms with E-state index in [1.807, 2.05) is 11.8 Å². The Morgan fingerprint density at radius 3 is 2.74 bits per heavy atom. The molecule has 0 saturated carbocycles. The van der Waals surface area contributed by atoms with Gasteiger partial charge in [-0.2, -0.15) is 5.26 Å². The Hall–Kier alpha value is -2.13. The van der Waals surface area contributed by atoms with Gasteiger partial charge in [-0.1, -0.05) is 6.92 Å². The lowest BCUT2D eigenvalue weighted by molar-refractivity contribution is -0.385. The summed E-state index contributed by atoms with van der Waals surface area (Å²) in [5.74, 6) is 0.456. The Morgan fingerprint density at radius 2 is 2.21 bits per heavy atom. The molecule has 0 spiro atoms. The summed E-state index contributed by atoms with van der Waals surface area (Å²) in [6.45, 7) is 3.61. The molecule has 0 N–H and O–H groups in total. The minimum Gasteiger partial charge on any atom is -0.496 e. The van der Waals surface area contributed by atoms with E-state index in [4.69, 9.17) is 10.00 Å². The molecule has 19 heavy (non-hydrogen) atoms. The normalized spacial score (nSPS) is 10.2. The van der Waals surface area contributed by atoms with Crippen molar-refractivity contribution in [2.24, 2.45) is 0 Å². The molecular formula is C13H17N3O3. The van der Waals surface area contributed by atoms with Crippen molar-refractivity contribution in [1.29, 1.82) is 5.26 Å². The molecule has 0 radical (unpaired) electrons. The Labute approximate surface area is 112 Å². The van der Waals surface area contributed by atoms with Crippen LogP contribution in [0, 0.1) is 21.4 Å². The summed E-state index contributed by atoms with van der Waals surface area (Å²) in [4.78, 5) is 12.3. The van der Waals surface area contributed by atoms with Gasteiger partial charge in [-0.15, -0.1) is 0 Å². The monoisotopic (exact) mass is 263 g/mol. The second kappa shape index (κ2) is 7.34. The van der Waals surface area contributed by atoms with Crippen LogP contribution >= 0.6 is 0 Å². The van der Waals surface area contributed by atoms with Crippen molar-refractivity contribution in [3.8, 4) is 11.8 Å². The summed E-state index contributed by atoms with van der Waals surface area (Å²) in [6, 6.07) is 6.76. The second-order valence-electron chi connectivity index (χ2n) is 4.17. The number of methoxy groups -OCH3 is 1. The SMILES string of the molecule is CCCN(CC#N)Cc1cc(OC)cc([N+](=O)[O-])c1. The predicted octanol–water partition coefficient (Wildman–Crippen LogP) is 2.34. The van der Waals surface area contributed by atoms with Gasteiger partial charge < -0.3 is 4.74 Å². The van der Waals surface area contributed by atoms with Gasteiger partial charge in [0.05, 0.1) is 30.7 Å². The highest BCUT2D eigenvalue weighted by Gasteiger charge is 2.12. The molecule has 6 heteroatoms. The van der Waals surface area contributed by atoms with Crippen LogP contribution in [0.15, 0.2) is 18.2 Å². The van der Waals surface area contributed by atoms with Gasteiger partial charge in [-0.3, -0.25) is 15.0 Å². The van der Waals surface area contributed by atoms with Crippen LogP contribution in [-0.4, -0.2) is 30.0 Å². The molecule has 6 nitrogen and oxygen atoms in total. The Morgan fingerprint density at radius 1 is 1.47 bits per heavy atom. The summed E-state index contributed by atoms with van der Waals surface area (Å²) in [5, 5.41) is 19.6. The van der Waals surface area contributed by atoms with Crippen molar-refractivity contribution in [3.63, 3.8) is 0 Å². The Balaban J connectivity index is 2.95. The van der Waals surface area contributed by atoms with Crippen LogP contribution in [0.4, 0.5) is 5.69 Å². The topological polar surface area (TPSA) is 79.4 Å². The van der Waals surface area contributed by atoms with Crippen LogP contribution < -0.4 is 4.74 Å². The molecule has 0 atom stereocenters. The summed E-state index contributed by atoms with van der Waals surface area (Å²) in [6.07, 6.45) is 0.924. The lowest BCUT2D eigenvalue weighted by Crippen LogP contribution is -2.24. The van der Waals surface area contributed by atoms with E-state index in [0.717, 1.165) is 18.5 Å². The number of nitro benzene ring substituents is 1. The van der Waals surface area contributed by atoms with Gasteiger partial charge >= 0.3 is 0 Å². The second-order valence-corrected chi connectivity index (χ2v) is 4.17. The van der Waals surface area contributed by atoms with E-state index in [1.54, 1.807) is 6.07 Å². The first kappa shape index (κ1) is 14.9. The number of hydrogen-bond donors (Lipinski definition) is 0. The number of nitro groups is 1. The smallest absolute Gasteiger partial charge is 0.273 e. The third kappa shape index (κ3) is 4.56. The summed E-state index contributed by atoms with van der Waals surface area (Å²) >= 11 is 0. The molecule has 0 bridgehead atoms. The summed E-state index contributed by atoms with van der Waals surface area (Å²) < 4.78 is 5.06. The molecule has 0 heterocycles. The Kier molecular flexibility index (Phi) is 5.76. The van der Waals surface area contributed by atoms with E-state index in [2.05, 4.69) is 6.07 Å². The van der Waals surface area contributed by atoms with Crippen molar-refractivity contribution in [2.45, 2.75) is 19.9 Å². The highest BCUT2D eigenvalue weighted by Crippen LogP contribution is 2.23. The molecule has 0 aliphatic carbocycles. The Bertz CT molecular complexity index is 483. The van der Waals surface area contributed by atoms with E-state index in [0.29, 0.717) is 18.8 Å². The summed E-state index contributed by atoms with van der Waals surface area (Å²) in [5.41, 5.74) is 0.775. The van der Waals surface area contributed by atoms with Gasteiger partial charge in [0.15, 0.2) is 0 Å². The van der Waals surface area contributed by atoms with Crippen LogP contribution in [-0.2, 0) is 6.54 Å². The van der Waals surface area contributed by atoms with Crippen molar-refractivity contribution in [1.82, 2.24) is 4.90 Å². The van der Waals surface area contributed by atoms with Crippen LogP contribution in [0.5, 0.6) is 5.75 Å². The van der Waals surface area contributed by atoms with Gasteiger partial charge in [-0.25, -0.2) is 0 Å². The van der Waals surface area contributed by atoms with Crippen LogP contribution in [0.25, 0.3) is 0 Å². The van der Waals surface area contributed by atoms with Gasteiger partial charge in [0.2, 0.25) is 0 Å². The van der Waals surface area contributed by atoms with Crippen molar-refractivity contribution < 1.29 is 9.66 Å². The molecule has 0 aromatic heterocycles. The lowest BCUT2D eigenvalue weighted by atomic mass is 10.1. The van der Waals surface area contributed by atoms with Crippen LogP contribution in [0.1, 0.15) is 18.9 Å². The van der Waals surface area contributed by atoms with E-state index in [1.165, 1.54) is 19.2 Å². The minimum absolute atomic E-state index is 0.00255. The number of rotatable bonds is 7. The fourth-order valence-electron chi connectivity index (χ4n) is 1.85. The van der Waals surface area contributed by atoms with Crippen molar-refractivity contribution >= 4 is 5.69 Å². The predicted molar refractivity (Wildman–Crippen MR) is 70.8 cm³/mol. The largest absolute Gasteiger partial charge is 0.496 e. The molecule has 1 aromatic carbocycles. The highest BCUT2D eigenvalue weighted by molar-refractivity contribution is 5.42. The zero-order valence-electron chi connectivity index (χ0n) is 11.1. The third-order valence-electron chi connectivity index (χ3n) is 2.64. The van der Waals surface area contributed by atoms with Gasteiger partial charge in [0.1, 0.15) is 5.75 Å². The molecule has 102 valence electrons. The zero-order chi connectivity index (χ0) is 14.3. The maximum atomic E-state index is 10.8.